The fourth-order valence-electron chi connectivity index (χ4n) is 5.31. The Kier molecular flexibility index (Phi) is 6.38. The Morgan fingerprint density at radius 2 is 1.92 bits per heavy atom. The monoisotopic (exact) mass is 498 g/mol. The minimum Gasteiger partial charge on any atom is -0.391 e. The first-order valence-corrected chi connectivity index (χ1v) is 13.2. The summed E-state index contributed by atoms with van der Waals surface area (Å²) in [6.07, 6.45) is 5.05. The highest BCUT2D eigenvalue weighted by Crippen LogP contribution is 2.40. The molecule has 5 rings (SSSR count). The van der Waals surface area contributed by atoms with E-state index in [2.05, 4.69) is 39.6 Å². The molecule has 0 aromatic carbocycles. The van der Waals surface area contributed by atoms with Gasteiger partial charge in [-0.05, 0) is 24.7 Å². The number of aliphatic hydroxyl groups excluding tert-OH is 1. The highest BCUT2D eigenvalue weighted by atomic mass is 16.3. The van der Waals surface area contributed by atoms with Gasteiger partial charge in [-0.25, -0.2) is 14.3 Å². The number of β-amino-alcohol motifs (C(OH)–C–C–N with tert-alkyl or cyclic N) is 1. The van der Waals surface area contributed by atoms with Gasteiger partial charge in [0.1, 0.15) is 17.9 Å². The second-order valence-electron chi connectivity index (χ2n) is 12.0. The quantitative estimate of drug-likeness (QED) is 0.618. The molecule has 2 aromatic heterocycles. The van der Waals surface area contributed by atoms with Crippen molar-refractivity contribution in [1.29, 1.82) is 0 Å². The molecular weight excluding hydrogens is 460 g/mol. The van der Waals surface area contributed by atoms with Crippen LogP contribution in [0.1, 0.15) is 95.5 Å². The number of nitrogens with zero attached hydrogens (tertiary/aromatic N) is 7. The van der Waals surface area contributed by atoms with Crippen LogP contribution in [0.15, 0.2) is 6.20 Å². The van der Waals surface area contributed by atoms with Crippen LogP contribution in [0.25, 0.3) is 0 Å². The summed E-state index contributed by atoms with van der Waals surface area (Å²) in [5.41, 5.74) is 0.458. The molecule has 1 unspecified atom stereocenters. The highest BCUT2D eigenvalue weighted by Gasteiger charge is 2.46. The second-order valence-corrected chi connectivity index (χ2v) is 12.0. The van der Waals surface area contributed by atoms with Crippen LogP contribution in [0.3, 0.4) is 0 Å². The Morgan fingerprint density at radius 1 is 1.17 bits per heavy atom. The fraction of sp³-hybridized carbons (Fsp3) is 0.760. The molecule has 11 heteroatoms. The molecule has 1 saturated heterocycles. The van der Waals surface area contributed by atoms with Gasteiger partial charge in [-0.15, -0.1) is 5.10 Å². The van der Waals surface area contributed by atoms with Crippen molar-refractivity contribution in [2.75, 3.05) is 6.54 Å². The summed E-state index contributed by atoms with van der Waals surface area (Å²) in [5.74, 6) is 2.00. The van der Waals surface area contributed by atoms with Gasteiger partial charge in [0.15, 0.2) is 5.82 Å². The third kappa shape index (κ3) is 4.89. The molecule has 0 spiro atoms. The molecule has 196 valence electrons. The molecule has 2 N–H and O–H groups in total. The molecule has 4 heterocycles. The third-order valence-electron chi connectivity index (χ3n) is 7.44. The molecule has 2 aromatic rings. The maximum absolute atomic E-state index is 13.9. The van der Waals surface area contributed by atoms with E-state index in [9.17, 15) is 14.7 Å². The van der Waals surface area contributed by atoms with Crippen molar-refractivity contribution < 1.29 is 14.7 Å². The van der Waals surface area contributed by atoms with Gasteiger partial charge in [-0.2, -0.15) is 5.10 Å². The van der Waals surface area contributed by atoms with Crippen molar-refractivity contribution in [2.45, 2.75) is 109 Å². The summed E-state index contributed by atoms with van der Waals surface area (Å²) in [4.78, 5) is 33.5. The molecule has 3 aliphatic rings. The van der Waals surface area contributed by atoms with Gasteiger partial charge in [0.25, 0.3) is 0 Å². The van der Waals surface area contributed by atoms with E-state index in [0.29, 0.717) is 12.5 Å². The molecule has 2 fully saturated rings. The van der Waals surface area contributed by atoms with Gasteiger partial charge in [-0.1, -0.05) is 39.8 Å². The maximum atomic E-state index is 13.9. The zero-order valence-corrected chi connectivity index (χ0v) is 21.9. The van der Waals surface area contributed by atoms with Gasteiger partial charge in [0, 0.05) is 43.5 Å². The molecule has 1 saturated carbocycles. The van der Waals surface area contributed by atoms with Crippen molar-refractivity contribution >= 4 is 11.8 Å². The van der Waals surface area contributed by atoms with E-state index in [1.165, 1.54) is 4.90 Å². The van der Waals surface area contributed by atoms with Gasteiger partial charge in [0.05, 0.1) is 18.3 Å². The van der Waals surface area contributed by atoms with Crippen molar-refractivity contribution in [3.8, 4) is 0 Å². The summed E-state index contributed by atoms with van der Waals surface area (Å²) in [5, 5.41) is 26.8. The van der Waals surface area contributed by atoms with Crippen molar-refractivity contribution in [1.82, 2.24) is 40.0 Å². The number of amides is 2. The Hall–Kier alpha value is -2.82. The van der Waals surface area contributed by atoms with Gasteiger partial charge < -0.3 is 15.3 Å². The van der Waals surface area contributed by atoms with Crippen LogP contribution >= 0.6 is 0 Å². The number of fused-ring (bicyclic) bond motifs is 1. The minimum absolute atomic E-state index is 0.101. The lowest BCUT2D eigenvalue weighted by molar-refractivity contribution is -0.144. The lowest BCUT2D eigenvalue weighted by Gasteiger charge is -2.35. The van der Waals surface area contributed by atoms with E-state index in [-0.39, 0.29) is 36.7 Å². The number of aromatic nitrogens is 6. The van der Waals surface area contributed by atoms with Crippen LogP contribution in [-0.4, -0.2) is 76.3 Å². The first-order valence-electron chi connectivity index (χ1n) is 13.2. The van der Waals surface area contributed by atoms with E-state index in [4.69, 9.17) is 0 Å². The standard InChI is InChI=1S/C25H38N8O3/c1-14(2)22-27-20-9-8-16(11-32(20)29-22)26-23(35)19-10-17(34)12-31(19)24(36)21(25(3,4)5)33-13-18(28-30-33)15-6-7-15/h13-17,19,21,34H,6-12H2,1-5H3,(H,26,35)/t16?,17-,19+,21-/m0/s1. The number of carbonyl (C=O) groups is 2. The maximum Gasteiger partial charge on any atom is 0.248 e. The second kappa shape index (κ2) is 9.24. The zero-order chi connectivity index (χ0) is 25.8. The molecule has 36 heavy (non-hydrogen) atoms. The number of carbonyl (C=O) groups excluding carboxylic acids is 2. The minimum atomic E-state index is -0.745. The van der Waals surface area contributed by atoms with E-state index >= 15 is 0 Å². The molecule has 2 amide bonds. The number of aryl methyl sites for hydroxylation is 1. The largest absolute Gasteiger partial charge is 0.391 e. The zero-order valence-electron chi connectivity index (χ0n) is 21.9. The lowest BCUT2D eigenvalue weighted by atomic mass is 9.85. The summed E-state index contributed by atoms with van der Waals surface area (Å²) in [6.45, 7) is 10.8. The average molecular weight is 499 g/mol. The molecule has 0 radical (unpaired) electrons. The van der Waals surface area contributed by atoms with Crippen LogP contribution in [0.5, 0.6) is 0 Å². The summed E-state index contributed by atoms with van der Waals surface area (Å²) >= 11 is 0. The smallest absolute Gasteiger partial charge is 0.248 e. The van der Waals surface area contributed by atoms with Crippen molar-refractivity contribution in [3.63, 3.8) is 0 Å². The molecule has 4 atom stereocenters. The Labute approximate surface area is 211 Å². The highest BCUT2D eigenvalue weighted by molar-refractivity contribution is 5.90. The number of likely N-dealkylation sites (tertiary alicyclic amines) is 1. The molecule has 2 aliphatic heterocycles. The first kappa shape index (κ1) is 24.9. The molecule has 0 bridgehead atoms. The van der Waals surface area contributed by atoms with Crippen molar-refractivity contribution in [2.24, 2.45) is 5.41 Å². The average Bonchev–Trinajstić information content (AvgIpc) is 3.19. The van der Waals surface area contributed by atoms with Gasteiger partial charge >= 0.3 is 0 Å². The van der Waals surface area contributed by atoms with E-state index in [1.54, 1.807) is 4.68 Å². The third-order valence-corrected chi connectivity index (χ3v) is 7.44. The molecule has 1 aliphatic carbocycles. The summed E-state index contributed by atoms with van der Waals surface area (Å²) in [6, 6.07) is -1.46. The number of hydrogen-bond acceptors (Lipinski definition) is 7. The number of aliphatic hydroxyl groups is 1. The SMILES string of the molecule is CC(C)c1nc2n(n1)CC(NC(=O)[C@H]1C[C@H](O)CN1C(=O)[C@H](n1cc(C3CC3)nn1)C(C)(C)C)CC2. The topological polar surface area (TPSA) is 131 Å². The summed E-state index contributed by atoms with van der Waals surface area (Å²) < 4.78 is 3.53. The lowest BCUT2D eigenvalue weighted by Crippen LogP contribution is -2.53. The van der Waals surface area contributed by atoms with E-state index < -0.39 is 23.6 Å². The van der Waals surface area contributed by atoms with Crippen LogP contribution in [0.4, 0.5) is 0 Å². The van der Waals surface area contributed by atoms with E-state index in [1.807, 2.05) is 31.6 Å². The Morgan fingerprint density at radius 3 is 2.58 bits per heavy atom. The normalized spacial score (nSPS) is 25.2. The van der Waals surface area contributed by atoms with E-state index in [0.717, 1.165) is 43.0 Å². The van der Waals surface area contributed by atoms with Crippen LogP contribution < -0.4 is 5.32 Å². The van der Waals surface area contributed by atoms with Gasteiger partial charge in [0.2, 0.25) is 11.8 Å². The van der Waals surface area contributed by atoms with Crippen LogP contribution in [-0.2, 0) is 22.6 Å². The predicted molar refractivity (Wildman–Crippen MR) is 131 cm³/mol. The number of rotatable bonds is 6. The molecule has 11 nitrogen and oxygen atoms in total. The summed E-state index contributed by atoms with van der Waals surface area (Å²) in [7, 11) is 0. The van der Waals surface area contributed by atoms with Crippen molar-refractivity contribution in [3.05, 3.63) is 23.5 Å². The van der Waals surface area contributed by atoms with Crippen LogP contribution in [0, 0.1) is 5.41 Å². The first-order chi connectivity index (χ1) is 17.0. The van der Waals surface area contributed by atoms with Gasteiger partial charge in [-0.3, -0.25) is 9.59 Å². The number of nitrogens with one attached hydrogen (secondary N) is 1. The predicted octanol–water partition coefficient (Wildman–Crippen LogP) is 1.55. The Balaban J connectivity index is 1.31. The van der Waals surface area contributed by atoms with Crippen LogP contribution in [0.2, 0.25) is 0 Å². The Bertz CT molecular complexity index is 1130. The molecular formula is C25H38N8O3. The number of hydrogen-bond donors (Lipinski definition) is 2. The fourth-order valence-corrected chi connectivity index (χ4v) is 5.31.